The highest BCUT2D eigenvalue weighted by atomic mass is 19.1. The highest BCUT2D eigenvalue weighted by Gasteiger charge is 2.23. The fourth-order valence-corrected chi connectivity index (χ4v) is 2.43. The molecule has 0 saturated carbocycles. The molecule has 2 aromatic rings. The number of aliphatic carboxylic acids is 1. The molecule has 23 heavy (non-hydrogen) atoms. The van der Waals surface area contributed by atoms with E-state index in [1.165, 1.54) is 24.3 Å². The van der Waals surface area contributed by atoms with E-state index in [0.717, 1.165) is 0 Å². The third-order valence-corrected chi connectivity index (χ3v) is 3.77. The van der Waals surface area contributed by atoms with E-state index in [1.54, 1.807) is 25.6 Å². The van der Waals surface area contributed by atoms with Gasteiger partial charge in [0.2, 0.25) is 0 Å². The van der Waals surface area contributed by atoms with Crippen LogP contribution in [-0.4, -0.2) is 33.3 Å². The lowest BCUT2D eigenvalue weighted by molar-refractivity contribution is -0.138. The average Bonchev–Trinajstić information content (AvgIpc) is 2.73. The largest absolute Gasteiger partial charge is 0.481 e. The molecule has 1 amide bonds. The van der Waals surface area contributed by atoms with Crippen LogP contribution in [0, 0.1) is 19.7 Å². The number of benzene rings is 1. The van der Waals surface area contributed by atoms with Gasteiger partial charge in [-0.05, 0) is 31.5 Å². The smallest absolute Gasteiger partial charge is 0.312 e. The van der Waals surface area contributed by atoms with Crippen molar-refractivity contribution >= 4 is 11.9 Å². The average molecular weight is 319 g/mol. The Bertz CT molecular complexity index is 738. The molecule has 2 rings (SSSR count). The minimum Gasteiger partial charge on any atom is -0.481 e. The SMILES string of the molecule is Cc1nn(C)c(C)c1C(=O)NCC(C(=O)O)c1ccc(F)cc1. The molecule has 1 atom stereocenters. The van der Waals surface area contributed by atoms with E-state index in [9.17, 15) is 19.1 Å². The van der Waals surface area contributed by atoms with Crippen molar-refractivity contribution in [1.29, 1.82) is 0 Å². The van der Waals surface area contributed by atoms with Crippen LogP contribution in [0.4, 0.5) is 4.39 Å². The predicted octanol–water partition coefficient (Wildman–Crippen LogP) is 1.77. The van der Waals surface area contributed by atoms with Gasteiger partial charge >= 0.3 is 5.97 Å². The number of rotatable bonds is 5. The van der Waals surface area contributed by atoms with Crippen LogP contribution in [0.1, 0.15) is 33.2 Å². The minimum absolute atomic E-state index is 0.0897. The van der Waals surface area contributed by atoms with Gasteiger partial charge in [0.1, 0.15) is 5.82 Å². The van der Waals surface area contributed by atoms with Crippen molar-refractivity contribution < 1.29 is 19.1 Å². The number of nitrogens with zero attached hydrogens (tertiary/aromatic N) is 2. The van der Waals surface area contributed by atoms with Crippen LogP contribution in [-0.2, 0) is 11.8 Å². The molecule has 0 radical (unpaired) electrons. The van der Waals surface area contributed by atoms with Gasteiger partial charge in [-0.15, -0.1) is 0 Å². The highest BCUT2D eigenvalue weighted by Crippen LogP contribution is 2.17. The first-order valence-corrected chi connectivity index (χ1v) is 7.08. The molecule has 0 aliphatic carbocycles. The van der Waals surface area contributed by atoms with Crippen molar-refractivity contribution in [3.8, 4) is 0 Å². The van der Waals surface area contributed by atoms with E-state index < -0.39 is 17.7 Å². The predicted molar refractivity (Wildman–Crippen MR) is 81.8 cm³/mol. The number of carbonyl (C=O) groups is 2. The normalized spacial score (nSPS) is 12.0. The van der Waals surface area contributed by atoms with E-state index in [1.807, 2.05) is 0 Å². The van der Waals surface area contributed by atoms with Crippen LogP contribution in [0.2, 0.25) is 0 Å². The van der Waals surface area contributed by atoms with Gasteiger partial charge in [-0.2, -0.15) is 5.10 Å². The van der Waals surface area contributed by atoms with Gasteiger partial charge in [-0.25, -0.2) is 4.39 Å². The standard InChI is InChI=1S/C16H18FN3O3/c1-9-14(10(2)20(3)19-9)15(21)18-8-13(16(22)23)11-4-6-12(17)7-5-11/h4-7,13H,8H2,1-3H3,(H,18,21)(H,22,23). The summed E-state index contributed by atoms with van der Waals surface area (Å²) < 4.78 is 14.5. The van der Waals surface area contributed by atoms with Crippen LogP contribution in [0.25, 0.3) is 0 Å². The summed E-state index contributed by atoms with van der Waals surface area (Å²) in [5, 5.41) is 16.1. The van der Waals surface area contributed by atoms with Gasteiger partial charge < -0.3 is 10.4 Å². The molecule has 6 nitrogen and oxygen atoms in total. The molecule has 0 aliphatic heterocycles. The Hall–Kier alpha value is -2.70. The van der Waals surface area contributed by atoms with Crippen molar-refractivity contribution in [2.75, 3.05) is 6.54 Å². The summed E-state index contributed by atoms with van der Waals surface area (Å²) in [6, 6.07) is 5.20. The number of amides is 1. The van der Waals surface area contributed by atoms with Crippen LogP contribution >= 0.6 is 0 Å². The lowest BCUT2D eigenvalue weighted by Crippen LogP contribution is -2.32. The number of hydrogen-bond acceptors (Lipinski definition) is 3. The highest BCUT2D eigenvalue weighted by molar-refractivity contribution is 5.96. The summed E-state index contributed by atoms with van der Waals surface area (Å²) in [7, 11) is 1.73. The molecule has 122 valence electrons. The zero-order chi connectivity index (χ0) is 17.1. The van der Waals surface area contributed by atoms with Crippen LogP contribution in [0.5, 0.6) is 0 Å². The van der Waals surface area contributed by atoms with Crippen molar-refractivity contribution in [2.24, 2.45) is 7.05 Å². The van der Waals surface area contributed by atoms with Crippen LogP contribution < -0.4 is 5.32 Å². The molecule has 1 unspecified atom stereocenters. The van der Waals surface area contributed by atoms with Crippen molar-refractivity contribution in [1.82, 2.24) is 15.1 Å². The lowest BCUT2D eigenvalue weighted by atomic mass is 9.99. The molecular formula is C16H18FN3O3. The maximum absolute atomic E-state index is 13.0. The number of carboxylic acids is 1. The Kier molecular flexibility index (Phi) is 4.78. The van der Waals surface area contributed by atoms with Crippen molar-refractivity contribution in [3.63, 3.8) is 0 Å². The second-order valence-electron chi connectivity index (χ2n) is 5.32. The molecule has 1 aromatic heterocycles. The first-order chi connectivity index (χ1) is 10.8. The Morgan fingerprint density at radius 2 is 1.91 bits per heavy atom. The summed E-state index contributed by atoms with van der Waals surface area (Å²) in [6.07, 6.45) is 0. The summed E-state index contributed by atoms with van der Waals surface area (Å²) >= 11 is 0. The molecule has 0 aliphatic rings. The molecule has 0 saturated heterocycles. The van der Waals surface area contributed by atoms with E-state index in [-0.39, 0.29) is 12.5 Å². The van der Waals surface area contributed by atoms with Crippen LogP contribution in [0.3, 0.4) is 0 Å². The molecule has 0 bridgehead atoms. The summed E-state index contributed by atoms with van der Waals surface area (Å²) in [4.78, 5) is 23.7. The molecule has 0 spiro atoms. The number of hydrogen-bond donors (Lipinski definition) is 2. The Morgan fingerprint density at radius 3 is 2.39 bits per heavy atom. The molecule has 0 fully saturated rings. The summed E-state index contributed by atoms with van der Waals surface area (Å²) in [5.41, 5.74) is 2.15. The minimum atomic E-state index is -1.09. The van der Waals surface area contributed by atoms with Crippen LogP contribution in [0.15, 0.2) is 24.3 Å². The first-order valence-electron chi connectivity index (χ1n) is 7.08. The van der Waals surface area contributed by atoms with Gasteiger partial charge in [-0.3, -0.25) is 14.3 Å². The fraction of sp³-hybridized carbons (Fsp3) is 0.312. The Labute approximate surface area is 132 Å². The third-order valence-electron chi connectivity index (χ3n) is 3.77. The van der Waals surface area contributed by atoms with Gasteiger partial charge in [0.25, 0.3) is 5.91 Å². The zero-order valence-corrected chi connectivity index (χ0v) is 13.1. The second-order valence-corrected chi connectivity index (χ2v) is 5.32. The van der Waals surface area contributed by atoms with Gasteiger partial charge in [0.05, 0.1) is 17.2 Å². The van der Waals surface area contributed by atoms with Gasteiger partial charge in [0.15, 0.2) is 0 Å². The zero-order valence-electron chi connectivity index (χ0n) is 13.1. The van der Waals surface area contributed by atoms with Gasteiger partial charge in [0, 0.05) is 19.3 Å². The van der Waals surface area contributed by atoms with E-state index in [4.69, 9.17) is 0 Å². The number of halogens is 1. The quantitative estimate of drug-likeness (QED) is 0.880. The first kappa shape index (κ1) is 16.7. The monoisotopic (exact) mass is 319 g/mol. The maximum Gasteiger partial charge on any atom is 0.312 e. The fourth-order valence-electron chi connectivity index (χ4n) is 2.43. The van der Waals surface area contributed by atoms with Crippen molar-refractivity contribution in [3.05, 3.63) is 52.6 Å². The molecule has 1 heterocycles. The number of aryl methyl sites for hydroxylation is 2. The molecular weight excluding hydrogens is 301 g/mol. The lowest BCUT2D eigenvalue weighted by Gasteiger charge is -2.14. The number of nitrogens with one attached hydrogen (secondary N) is 1. The topological polar surface area (TPSA) is 84.2 Å². The summed E-state index contributed by atoms with van der Waals surface area (Å²) in [6.45, 7) is 3.40. The Balaban J connectivity index is 2.14. The maximum atomic E-state index is 13.0. The number of carboxylic acid groups (broad SMARTS) is 1. The molecule has 1 aromatic carbocycles. The third kappa shape index (κ3) is 3.56. The van der Waals surface area contributed by atoms with E-state index >= 15 is 0 Å². The molecule has 7 heteroatoms. The van der Waals surface area contributed by atoms with E-state index in [2.05, 4.69) is 10.4 Å². The molecule has 2 N–H and O–H groups in total. The van der Waals surface area contributed by atoms with Crippen molar-refractivity contribution in [2.45, 2.75) is 19.8 Å². The van der Waals surface area contributed by atoms with E-state index in [0.29, 0.717) is 22.5 Å². The van der Waals surface area contributed by atoms with Gasteiger partial charge in [-0.1, -0.05) is 12.1 Å². The summed E-state index contributed by atoms with van der Waals surface area (Å²) in [5.74, 6) is -2.85. The number of carbonyl (C=O) groups excluding carboxylic acids is 1. The number of aromatic nitrogens is 2. The second kappa shape index (κ2) is 6.60. The Morgan fingerprint density at radius 1 is 1.30 bits per heavy atom.